The largest absolute Gasteiger partial charge is 0.358 e. The van der Waals surface area contributed by atoms with Crippen molar-refractivity contribution in [3.8, 4) is 0 Å². The first kappa shape index (κ1) is 9.90. The molecule has 16 heavy (non-hydrogen) atoms. The minimum absolute atomic E-state index is 0.143. The molecule has 1 amide bonds. The minimum Gasteiger partial charge on any atom is -0.358 e. The van der Waals surface area contributed by atoms with Gasteiger partial charge < -0.3 is 10.3 Å². The predicted molar refractivity (Wildman–Crippen MR) is 66.4 cm³/mol. The van der Waals surface area contributed by atoms with E-state index in [2.05, 4.69) is 38.4 Å². The van der Waals surface area contributed by atoms with Gasteiger partial charge in [-0.15, -0.1) is 0 Å². The number of H-pyrrole nitrogens is 1. The van der Waals surface area contributed by atoms with Crippen LogP contribution in [0.3, 0.4) is 0 Å². The highest BCUT2D eigenvalue weighted by Crippen LogP contribution is 2.27. The molecule has 0 spiro atoms. The van der Waals surface area contributed by atoms with Gasteiger partial charge in [-0.05, 0) is 24.3 Å². The molecule has 3 rings (SSSR count). The fraction of sp³-hybridized carbons (Fsp3) is 0.250. The summed E-state index contributed by atoms with van der Waals surface area (Å²) in [4.78, 5) is 14.5. The molecule has 1 aromatic heterocycles. The van der Waals surface area contributed by atoms with Gasteiger partial charge in [0.15, 0.2) is 0 Å². The molecule has 82 valence electrons. The number of aromatic nitrogens is 1. The summed E-state index contributed by atoms with van der Waals surface area (Å²) in [7, 11) is 0. The van der Waals surface area contributed by atoms with E-state index in [1.54, 1.807) is 0 Å². The molecule has 2 heterocycles. The van der Waals surface area contributed by atoms with Crippen LogP contribution in [0.25, 0.3) is 10.9 Å². The zero-order valence-corrected chi connectivity index (χ0v) is 10.2. The zero-order chi connectivity index (χ0) is 11.1. The molecular weight excluding hydrogens is 268 g/mol. The number of benzene rings is 1. The fourth-order valence-electron chi connectivity index (χ4n) is 2.17. The van der Waals surface area contributed by atoms with Crippen molar-refractivity contribution < 1.29 is 4.79 Å². The summed E-state index contributed by atoms with van der Waals surface area (Å²) in [5, 5.41) is 4.04. The van der Waals surface area contributed by atoms with E-state index in [1.165, 1.54) is 5.39 Å². The molecular formula is C12H11BrN2O. The van der Waals surface area contributed by atoms with Crippen LogP contribution in [0.15, 0.2) is 28.7 Å². The Kier molecular flexibility index (Phi) is 2.24. The van der Waals surface area contributed by atoms with Crippen LogP contribution in [0.1, 0.15) is 18.0 Å². The van der Waals surface area contributed by atoms with Gasteiger partial charge in [-0.3, -0.25) is 4.79 Å². The molecule has 0 saturated carbocycles. The van der Waals surface area contributed by atoms with Gasteiger partial charge in [-0.25, -0.2) is 0 Å². The number of rotatable bonds is 1. The summed E-state index contributed by atoms with van der Waals surface area (Å²) in [6.45, 7) is 0.743. The number of fused-ring (bicyclic) bond motifs is 1. The van der Waals surface area contributed by atoms with Crippen LogP contribution < -0.4 is 5.32 Å². The smallest absolute Gasteiger partial charge is 0.220 e. The standard InChI is InChI=1S/C12H11BrN2O/c13-9-1-2-10-7(3-9)4-11(15-10)8-5-12(16)14-6-8/h1-4,8,15H,5-6H2,(H,14,16). The van der Waals surface area contributed by atoms with Gasteiger partial charge in [0.25, 0.3) is 0 Å². The molecule has 2 N–H and O–H groups in total. The van der Waals surface area contributed by atoms with Crippen LogP contribution in [0.2, 0.25) is 0 Å². The maximum atomic E-state index is 11.2. The summed E-state index contributed by atoms with van der Waals surface area (Å²) < 4.78 is 1.08. The highest BCUT2D eigenvalue weighted by Gasteiger charge is 2.24. The Morgan fingerprint density at radius 3 is 2.94 bits per heavy atom. The molecule has 3 nitrogen and oxygen atoms in total. The van der Waals surface area contributed by atoms with Gasteiger partial charge in [-0.1, -0.05) is 15.9 Å². The fourth-order valence-corrected chi connectivity index (χ4v) is 2.55. The van der Waals surface area contributed by atoms with E-state index in [-0.39, 0.29) is 5.91 Å². The molecule has 1 aliphatic heterocycles. The number of nitrogens with one attached hydrogen (secondary N) is 2. The Hall–Kier alpha value is -1.29. The number of hydrogen-bond acceptors (Lipinski definition) is 1. The summed E-state index contributed by atoms with van der Waals surface area (Å²) in [5.41, 5.74) is 2.27. The van der Waals surface area contributed by atoms with Crippen LogP contribution in [-0.4, -0.2) is 17.4 Å². The van der Waals surface area contributed by atoms with Crippen LogP contribution in [0.4, 0.5) is 0 Å². The second-order valence-corrected chi connectivity index (χ2v) is 5.08. The first-order valence-corrected chi connectivity index (χ1v) is 6.06. The van der Waals surface area contributed by atoms with E-state index >= 15 is 0 Å². The Labute approximate surface area is 101 Å². The monoisotopic (exact) mass is 278 g/mol. The van der Waals surface area contributed by atoms with Gasteiger partial charge in [0.1, 0.15) is 0 Å². The van der Waals surface area contributed by atoms with Crippen LogP contribution in [0.5, 0.6) is 0 Å². The van der Waals surface area contributed by atoms with Crippen molar-refractivity contribution in [2.45, 2.75) is 12.3 Å². The number of carbonyl (C=O) groups excluding carboxylic acids is 1. The highest BCUT2D eigenvalue weighted by atomic mass is 79.9. The van der Waals surface area contributed by atoms with Crippen molar-refractivity contribution >= 4 is 32.7 Å². The van der Waals surface area contributed by atoms with E-state index < -0.39 is 0 Å². The molecule has 0 aliphatic carbocycles. The van der Waals surface area contributed by atoms with Crippen molar-refractivity contribution in [3.63, 3.8) is 0 Å². The molecule has 1 fully saturated rings. The molecule has 1 unspecified atom stereocenters. The Bertz CT molecular complexity index is 561. The third-order valence-electron chi connectivity index (χ3n) is 3.02. The summed E-state index contributed by atoms with van der Waals surface area (Å²) in [6, 6.07) is 8.28. The molecule has 0 radical (unpaired) electrons. The van der Waals surface area contributed by atoms with Crippen molar-refractivity contribution in [3.05, 3.63) is 34.4 Å². The van der Waals surface area contributed by atoms with Gasteiger partial charge >= 0.3 is 0 Å². The van der Waals surface area contributed by atoms with E-state index in [0.717, 1.165) is 22.2 Å². The van der Waals surface area contributed by atoms with E-state index in [1.807, 2.05) is 12.1 Å². The van der Waals surface area contributed by atoms with E-state index in [4.69, 9.17) is 0 Å². The molecule has 1 saturated heterocycles. The molecule has 2 aromatic rings. The summed E-state index contributed by atoms with van der Waals surface area (Å²) in [5.74, 6) is 0.434. The normalized spacial score (nSPS) is 20.3. The first-order chi connectivity index (χ1) is 7.72. The van der Waals surface area contributed by atoms with Crippen LogP contribution >= 0.6 is 15.9 Å². The van der Waals surface area contributed by atoms with Gasteiger partial charge in [0.2, 0.25) is 5.91 Å². The zero-order valence-electron chi connectivity index (χ0n) is 8.59. The van der Waals surface area contributed by atoms with Crippen molar-refractivity contribution in [2.24, 2.45) is 0 Å². The molecule has 1 aromatic carbocycles. The topological polar surface area (TPSA) is 44.9 Å². The second-order valence-electron chi connectivity index (χ2n) is 4.16. The highest BCUT2D eigenvalue weighted by molar-refractivity contribution is 9.10. The summed E-state index contributed by atoms with van der Waals surface area (Å²) >= 11 is 3.45. The van der Waals surface area contributed by atoms with Gasteiger partial charge in [0, 0.05) is 40.0 Å². The Morgan fingerprint density at radius 2 is 2.19 bits per heavy atom. The van der Waals surface area contributed by atoms with Crippen LogP contribution in [-0.2, 0) is 4.79 Å². The lowest BCUT2D eigenvalue weighted by atomic mass is 10.1. The number of hydrogen-bond donors (Lipinski definition) is 2. The Balaban J connectivity index is 2.02. The quantitative estimate of drug-likeness (QED) is 0.827. The number of carbonyl (C=O) groups is 1. The lowest BCUT2D eigenvalue weighted by molar-refractivity contribution is -0.119. The minimum atomic E-state index is 0.143. The van der Waals surface area contributed by atoms with Crippen molar-refractivity contribution in [1.29, 1.82) is 0 Å². The predicted octanol–water partition coefficient (Wildman–Crippen LogP) is 2.53. The second kappa shape index (κ2) is 3.63. The molecule has 1 atom stereocenters. The number of amides is 1. The third-order valence-corrected chi connectivity index (χ3v) is 3.51. The lowest BCUT2D eigenvalue weighted by Crippen LogP contribution is -2.13. The summed E-state index contributed by atoms with van der Waals surface area (Å²) in [6.07, 6.45) is 0.591. The first-order valence-electron chi connectivity index (χ1n) is 5.27. The number of halogens is 1. The maximum absolute atomic E-state index is 11.2. The van der Waals surface area contributed by atoms with Gasteiger partial charge in [-0.2, -0.15) is 0 Å². The van der Waals surface area contributed by atoms with E-state index in [0.29, 0.717) is 12.3 Å². The maximum Gasteiger partial charge on any atom is 0.220 e. The SMILES string of the molecule is O=C1CC(c2cc3cc(Br)ccc3[nH]2)CN1. The van der Waals surface area contributed by atoms with Crippen molar-refractivity contribution in [2.75, 3.05) is 6.54 Å². The molecule has 0 bridgehead atoms. The average Bonchev–Trinajstić information content (AvgIpc) is 2.83. The van der Waals surface area contributed by atoms with Crippen molar-refractivity contribution in [1.82, 2.24) is 10.3 Å². The molecule has 1 aliphatic rings. The average molecular weight is 279 g/mol. The molecule has 4 heteroatoms. The lowest BCUT2D eigenvalue weighted by Gasteiger charge is -2.02. The Morgan fingerprint density at radius 1 is 1.31 bits per heavy atom. The van der Waals surface area contributed by atoms with Gasteiger partial charge in [0.05, 0.1) is 0 Å². The van der Waals surface area contributed by atoms with E-state index in [9.17, 15) is 4.79 Å². The number of aromatic amines is 1. The third kappa shape index (κ3) is 1.63. The van der Waals surface area contributed by atoms with Crippen LogP contribution in [0, 0.1) is 0 Å².